The Morgan fingerprint density at radius 2 is 1.78 bits per heavy atom. The molecule has 5 heteroatoms. The van der Waals surface area contributed by atoms with E-state index in [9.17, 15) is 14.3 Å². The van der Waals surface area contributed by atoms with Crippen LogP contribution in [0.25, 0.3) is 0 Å². The normalized spacial score (nSPS) is 16.9. The maximum Gasteiger partial charge on any atom is 0.226 e. The number of hydrogen-bond donors (Lipinski definition) is 1. The van der Waals surface area contributed by atoms with Crippen LogP contribution in [0, 0.1) is 5.82 Å². The molecular formula is C22H27FN2O2. The van der Waals surface area contributed by atoms with Gasteiger partial charge in [0.2, 0.25) is 5.91 Å². The topological polar surface area (TPSA) is 43.8 Å². The summed E-state index contributed by atoms with van der Waals surface area (Å²) in [5, 5.41) is 10.4. The van der Waals surface area contributed by atoms with E-state index in [1.807, 2.05) is 42.2 Å². The number of nitrogens with zero attached hydrogens (tertiary/aromatic N) is 2. The Balaban J connectivity index is 1.62. The van der Waals surface area contributed by atoms with Gasteiger partial charge in [0.05, 0.1) is 6.10 Å². The third-order valence-corrected chi connectivity index (χ3v) is 5.22. The molecule has 2 aromatic carbocycles. The van der Waals surface area contributed by atoms with Gasteiger partial charge >= 0.3 is 0 Å². The van der Waals surface area contributed by atoms with E-state index < -0.39 is 6.10 Å². The molecule has 144 valence electrons. The third kappa shape index (κ3) is 4.73. The van der Waals surface area contributed by atoms with Gasteiger partial charge in [0.25, 0.3) is 0 Å². The molecule has 1 N–H and O–H groups in total. The number of aliphatic hydroxyl groups is 1. The number of halogens is 1. The SMILES string of the molecule is CCC(=O)N(c1ccccc1)C1CCN(CC(O)c2ccccc2F)CC1. The summed E-state index contributed by atoms with van der Waals surface area (Å²) < 4.78 is 13.9. The second kappa shape index (κ2) is 9.11. The Morgan fingerprint density at radius 3 is 2.41 bits per heavy atom. The third-order valence-electron chi connectivity index (χ3n) is 5.22. The number of anilines is 1. The van der Waals surface area contributed by atoms with Crippen LogP contribution in [-0.4, -0.2) is 41.6 Å². The number of likely N-dealkylation sites (tertiary alicyclic amines) is 1. The van der Waals surface area contributed by atoms with E-state index in [1.165, 1.54) is 6.07 Å². The summed E-state index contributed by atoms with van der Waals surface area (Å²) in [5.41, 5.74) is 1.28. The number of carbonyl (C=O) groups excluding carboxylic acids is 1. The number of aliphatic hydroxyl groups excluding tert-OH is 1. The molecule has 1 aliphatic rings. The second-order valence-electron chi connectivity index (χ2n) is 7.02. The molecule has 3 rings (SSSR count). The van der Waals surface area contributed by atoms with Crippen molar-refractivity contribution in [3.05, 3.63) is 66.0 Å². The predicted molar refractivity (Wildman–Crippen MR) is 105 cm³/mol. The van der Waals surface area contributed by atoms with Crippen molar-refractivity contribution in [3.8, 4) is 0 Å². The Morgan fingerprint density at radius 1 is 1.15 bits per heavy atom. The lowest BCUT2D eigenvalue weighted by Crippen LogP contribution is -2.48. The van der Waals surface area contributed by atoms with Gasteiger partial charge in [0.15, 0.2) is 0 Å². The minimum Gasteiger partial charge on any atom is -0.387 e. The van der Waals surface area contributed by atoms with Crippen molar-refractivity contribution in [2.45, 2.75) is 38.3 Å². The van der Waals surface area contributed by atoms with E-state index in [1.54, 1.807) is 18.2 Å². The molecular weight excluding hydrogens is 343 g/mol. The summed E-state index contributed by atoms with van der Waals surface area (Å²) in [6.07, 6.45) is 1.31. The quantitative estimate of drug-likeness (QED) is 0.842. The van der Waals surface area contributed by atoms with Crippen molar-refractivity contribution in [1.29, 1.82) is 0 Å². The second-order valence-corrected chi connectivity index (χ2v) is 7.02. The number of hydrogen-bond acceptors (Lipinski definition) is 3. The number of amides is 1. The Bertz CT molecular complexity index is 745. The maximum atomic E-state index is 13.9. The van der Waals surface area contributed by atoms with Gasteiger partial charge in [-0.25, -0.2) is 4.39 Å². The first-order chi connectivity index (χ1) is 13.1. The van der Waals surface area contributed by atoms with Gasteiger partial charge in [-0.05, 0) is 31.0 Å². The molecule has 0 spiro atoms. The molecule has 1 atom stereocenters. The van der Waals surface area contributed by atoms with Gasteiger partial charge in [0, 0.05) is 43.3 Å². The Hall–Kier alpha value is -2.24. The molecule has 4 nitrogen and oxygen atoms in total. The Kier molecular flexibility index (Phi) is 6.58. The minimum absolute atomic E-state index is 0.131. The van der Waals surface area contributed by atoms with E-state index in [0.29, 0.717) is 18.5 Å². The largest absolute Gasteiger partial charge is 0.387 e. The average Bonchev–Trinajstić information content (AvgIpc) is 2.70. The van der Waals surface area contributed by atoms with Crippen LogP contribution in [0.15, 0.2) is 54.6 Å². The number of benzene rings is 2. The first kappa shape index (κ1) is 19.5. The van der Waals surface area contributed by atoms with Crippen molar-refractivity contribution in [3.63, 3.8) is 0 Å². The number of carbonyl (C=O) groups is 1. The highest BCUT2D eigenvalue weighted by atomic mass is 19.1. The summed E-state index contributed by atoms with van der Waals surface area (Å²) in [6.45, 7) is 3.84. The van der Waals surface area contributed by atoms with Gasteiger partial charge in [-0.1, -0.05) is 43.3 Å². The maximum absolute atomic E-state index is 13.9. The molecule has 0 radical (unpaired) electrons. The van der Waals surface area contributed by atoms with Crippen molar-refractivity contribution in [1.82, 2.24) is 4.90 Å². The van der Waals surface area contributed by atoms with Crippen LogP contribution in [0.2, 0.25) is 0 Å². The van der Waals surface area contributed by atoms with Crippen molar-refractivity contribution in [2.24, 2.45) is 0 Å². The van der Waals surface area contributed by atoms with Gasteiger partial charge < -0.3 is 14.9 Å². The molecule has 1 heterocycles. The summed E-state index contributed by atoms with van der Waals surface area (Å²) in [5.74, 6) is -0.241. The standard InChI is InChI=1S/C22H27FN2O2/c1-2-22(27)25(17-8-4-3-5-9-17)18-12-14-24(15-13-18)16-21(26)19-10-6-7-11-20(19)23/h3-11,18,21,26H,2,12-16H2,1H3. The van der Waals surface area contributed by atoms with E-state index >= 15 is 0 Å². The summed E-state index contributed by atoms with van der Waals surface area (Å²) in [7, 11) is 0. The van der Waals surface area contributed by atoms with Gasteiger partial charge in [0.1, 0.15) is 5.82 Å². The monoisotopic (exact) mass is 370 g/mol. The van der Waals surface area contributed by atoms with Crippen molar-refractivity contribution >= 4 is 11.6 Å². The summed E-state index contributed by atoms with van der Waals surface area (Å²) in [4.78, 5) is 16.6. The van der Waals surface area contributed by atoms with Gasteiger partial charge in [-0.15, -0.1) is 0 Å². The number of β-amino-alcohol motifs (C(OH)–C–C–N with tert-alkyl or cyclic N) is 1. The molecule has 1 unspecified atom stereocenters. The molecule has 27 heavy (non-hydrogen) atoms. The number of para-hydroxylation sites is 1. The van der Waals surface area contributed by atoms with Gasteiger partial charge in [-0.3, -0.25) is 4.79 Å². The van der Waals surface area contributed by atoms with Gasteiger partial charge in [-0.2, -0.15) is 0 Å². The zero-order chi connectivity index (χ0) is 19.2. The van der Waals surface area contributed by atoms with E-state index in [2.05, 4.69) is 4.90 Å². The first-order valence-electron chi connectivity index (χ1n) is 9.62. The van der Waals surface area contributed by atoms with Crippen LogP contribution < -0.4 is 4.90 Å². The molecule has 1 amide bonds. The molecule has 1 aliphatic heterocycles. The van der Waals surface area contributed by atoms with Crippen LogP contribution in [0.5, 0.6) is 0 Å². The molecule has 2 aromatic rings. The van der Waals surface area contributed by atoms with E-state index in [-0.39, 0.29) is 17.8 Å². The highest BCUT2D eigenvalue weighted by molar-refractivity contribution is 5.93. The van der Waals surface area contributed by atoms with E-state index in [0.717, 1.165) is 31.6 Å². The smallest absolute Gasteiger partial charge is 0.226 e. The molecule has 0 saturated carbocycles. The first-order valence-corrected chi connectivity index (χ1v) is 9.62. The average molecular weight is 370 g/mol. The lowest BCUT2D eigenvalue weighted by Gasteiger charge is -2.39. The zero-order valence-electron chi connectivity index (χ0n) is 15.7. The van der Waals surface area contributed by atoms with Crippen LogP contribution in [0.1, 0.15) is 37.9 Å². The van der Waals surface area contributed by atoms with E-state index in [4.69, 9.17) is 0 Å². The molecule has 0 aliphatic carbocycles. The van der Waals surface area contributed by atoms with Crippen LogP contribution in [-0.2, 0) is 4.79 Å². The summed E-state index contributed by atoms with van der Waals surface area (Å²) >= 11 is 0. The van der Waals surface area contributed by atoms with Crippen molar-refractivity contribution in [2.75, 3.05) is 24.5 Å². The van der Waals surface area contributed by atoms with Crippen LogP contribution in [0.3, 0.4) is 0 Å². The number of rotatable bonds is 6. The fourth-order valence-corrected chi connectivity index (χ4v) is 3.77. The highest BCUT2D eigenvalue weighted by Crippen LogP contribution is 2.26. The molecule has 1 saturated heterocycles. The zero-order valence-corrected chi connectivity index (χ0v) is 15.7. The molecule has 0 aromatic heterocycles. The fraction of sp³-hybridized carbons (Fsp3) is 0.409. The lowest BCUT2D eigenvalue weighted by molar-refractivity contribution is -0.119. The Labute approximate surface area is 160 Å². The number of piperidine rings is 1. The molecule has 1 fully saturated rings. The lowest BCUT2D eigenvalue weighted by atomic mass is 10.0. The van der Waals surface area contributed by atoms with Crippen LogP contribution >= 0.6 is 0 Å². The minimum atomic E-state index is -0.842. The highest BCUT2D eigenvalue weighted by Gasteiger charge is 2.29. The van der Waals surface area contributed by atoms with Crippen molar-refractivity contribution < 1.29 is 14.3 Å². The van der Waals surface area contributed by atoms with Crippen LogP contribution in [0.4, 0.5) is 10.1 Å². The molecule has 0 bridgehead atoms. The summed E-state index contributed by atoms with van der Waals surface area (Å²) in [6, 6.07) is 16.3. The fourth-order valence-electron chi connectivity index (χ4n) is 3.77. The predicted octanol–water partition coefficient (Wildman–Crippen LogP) is 3.77.